The van der Waals surface area contributed by atoms with Gasteiger partial charge in [-0.2, -0.15) is 5.10 Å². The number of rotatable bonds is 3. The van der Waals surface area contributed by atoms with Crippen molar-refractivity contribution in [2.75, 3.05) is 18.0 Å². The molecule has 0 aliphatic carbocycles. The van der Waals surface area contributed by atoms with Crippen LogP contribution >= 0.6 is 0 Å². The van der Waals surface area contributed by atoms with E-state index in [4.69, 9.17) is 0 Å². The fourth-order valence-corrected chi connectivity index (χ4v) is 3.11. The van der Waals surface area contributed by atoms with E-state index in [-0.39, 0.29) is 11.1 Å². The summed E-state index contributed by atoms with van der Waals surface area (Å²) in [6, 6.07) is 10.5. The number of nitrogens with zero attached hydrogens (tertiary/aromatic N) is 5. The topological polar surface area (TPSA) is 73.0 Å². The fourth-order valence-electron chi connectivity index (χ4n) is 3.11. The van der Waals surface area contributed by atoms with Crippen LogP contribution in [0, 0.1) is 5.92 Å². The lowest BCUT2D eigenvalue weighted by Gasteiger charge is -2.40. The highest BCUT2D eigenvalue weighted by molar-refractivity contribution is 5.78. The molecule has 3 aromatic rings. The van der Waals surface area contributed by atoms with Crippen molar-refractivity contribution >= 4 is 16.9 Å². The molecule has 7 nitrogen and oxygen atoms in total. The summed E-state index contributed by atoms with van der Waals surface area (Å²) >= 11 is 0. The van der Waals surface area contributed by atoms with Crippen molar-refractivity contribution < 1.29 is 0 Å². The Morgan fingerprint density at radius 3 is 2.71 bits per heavy atom. The number of hydrogen-bond donors (Lipinski definition) is 0. The smallest absolute Gasteiger partial charge is 0.266 e. The molecule has 1 aromatic carbocycles. The van der Waals surface area contributed by atoms with Gasteiger partial charge in [0, 0.05) is 38.3 Å². The van der Waals surface area contributed by atoms with E-state index in [0.29, 0.717) is 29.3 Å². The minimum atomic E-state index is -0.0906. The number of para-hydroxylation sites is 1. The molecule has 122 valence electrons. The molecule has 3 heterocycles. The van der Waals surface area contributed by atoms with Gasteiger partial charge in [-0.25, -0.2) is 9.67 Å². The Bertz CT molecular complexity index is 1020. The molecule has 7 heteroatoms. The molecule has 0 N–H and O–H groups in total. The largest absolute Gasteiger partial charge is 0.341 e. The average molecular weight is 323 g/mol. The number of hydrogen-bond acceptors (Lipinski definition) is 5. The SMILES string of the molecule is Cn1c(N2CC(Cn3ncccc3=O)C2)nc2ccccc2c1=O. The Kier molecular flexibility index (Phi) is 3.41. The lowest BCUT2D eigenvalue weighted by atomic mass is 10.0. The molecule has 2 aromatic heterocycles. The molecule has 1 aliphatic heterocycles. The van der Waals surface area contributed by atoms with E-state index in [1.54, 1.807) is 29.9 Å². The summed E-state index contributed by atoms with van der Waals surface area (Å²) in [7, 11) is 1.74. The predicted octanol–water partition coefficient (Wildman–Crippen LogP) is 0.627. The summed E-state index contributed by atoms with van der Waals surface area (Å²) in [5.41, 5.74) is 0.576. The number of anilines is 1. The number of fused-ring (bicyclic) bond motifs is 1. The van der Waals surface area contributed by atoms with Crippen LogP contribution in [0.4, 0.5) is 5.95 Å². The second kappa shape index (κ2) is 5.59. The maximum Gasteiger partial charge on any atom is 0.266 e. The van der Waals surface area contributed by atoms with Crippen molar-refractivity contribution in [2.45, 2.75) is 6.54 Å². The summed E-state index contributed by atoms with van der Waals surface area (Å²) in [6.07, 6.45) is 1.62. The van der Waals surface area contributed by atoms with E-state index in [1.165, 1.54) is 10.7 Å². The van der Waals surface area contributed by atoms with Crippen molar-refractivity contribution in [3.63, 3.8) is 0 Å². The van der Waals surface area contributed by atoms with Crippen LogP contribution in [0.15, 0.2) is 52.2 Å². The average Bonchev–Trinajstić information content (AvgIpc) is 2.56. The third kappa shape index (κ3) is 2.38. The van der Waals surface area contributed by atoms with E-state index in [2.05, 4.69) is 15.0 Å². The van der Waals surface area contributed by atoms with Gasteiger partial charge >= 0.3 is 0 Å². The Morgan fingerprint density at radius 1 is 1.12 bits per heavy atom. The van der Waals surface area contributed by atoms with Gasteiger partial charge in [0.05, 0.1) is 17.4 Å². The summed E-state index contributed by atoms with van der Waals surface area (Å²) in [6.45, 7) is 2.08. The van der Waals surface area contributed by atoms with Gasteiger partial charge in [0.25, 0.3) is 11.1 Å². The van der Waals surface area contributed by atoms with Crippen LogP contribution in [0.3, 0.4) is 0 Å². The summed E-state index contributed by atoms with van der Waals surface area (Å²) in [4.78, 5) is 30.9. The summed E-state index contributed by atoms with van der Waals surface area (Å²) in [5, 5.41) is 4.71. The predicted molar refractivity (Wildman–Crippen MR) is 91.2 cm³/mol. The minimum absolute atomic E-state index is 0.0417. The highest BCUT2D eigenvalue weighted by atomic mass is 16.1. The molecule has 1 aliphatic rings. The molecule has 24 heavy (non-hydrogen) atoms. The van der Waals surface area contributed by atoms with Crippen LogP contribution in [0.25, 0.3) is 10.9 Å². The van der Waals surface area contributed by atoms with Gasteiger partial charge in [0.1, 0.15) is 0 Å². The van der Waals surface area contributed by atoms with Crippen LogP contribution in [-0.2, 0) is 13.6 Å². The van der Waals surface area contributed by atoms with Crippen LogP contribution in [-0.4, -0.2) is 32.4 Å². The second-order valence-corrected chi connectivity index (χ2v) is 6.11. The first-order chi connectivity index (χ1) is 11.6. The fraction of sp³-hybridized carbons (Fsp3) is 0.294. The van der Waals surface area contributed by atoms with Gasteiger partial charge in [-0.1, -0.05) is 12.1 Å². The van der Waals surface area contributed by atoms with Gasteiger partial charge in [-0.3, -0.25) is 14.2 Å². The van der Waals surface area contributed by atoms with Gasteiger partial charge in [-0.05, 0) is 18.2 Å². The first kappa shape index (κ1) is 14.6. The zero-order valence-electron chi connectivity index (χ0n) is 13.3. The molecule has 1 fully saturated rings. The molecular formula is C17H17N5O2. The maximum atomic E-state index is 12.5. The Morgan fingerprint density at radius 2 is 1.92 bits per heavy atom. The van der Waals surface area contributed by atoms with Crippen molar-refractivity contribution in [3.8, 4) is 0 Å². The Balaban J connectivity index is 1.56. The van der Waals surface area contributed by atoms with E-state index >= 15 is 0 Å². The summed E-state index contributed by atoms with van der Waals surface area (Å²) < 4.78 is 3.07. The highest BCUT2D eigenvalue weighted by Crippen LogP contribution is 2.23. The molecule has 0 bridgehead atoms. The van der Waals surface area contributed by atoms with Gasteiger partial charge in [-0.15, -0.1) is 0 Å². The van der Waals surface area contributed by atoms with E-state index in [9.17, 15) is 9.59 Å². The van der Waals surface area contributed by atoms with Gasteiger partial charge < -0.3 is 4.90 Å². The zero-order chi connectivity index (χ0) is 16.7. The maximum absolute atomic E-state index is 12.5. The molecule has 1 saturated heterocycles. The van der Waals surface area contributed by atoms with Crippen LogP contribution < -0.4 is 16.0 Å². The third-order valence-electron chi connectivity index (χ3n) is 4.42. The summed E-state index contributed by atoms with van der Waals surface area (Å²) in [5.74, 6) is 0.990. The first-order valence-electron chi connectivity index (χ1n) is 7.86. The van der Waals surface area contributed by atoms with E-state index in [1.807, 2.05) is 18.2 Å². The van der Waals surface area contributed by atoms with Crippen molar-refractivity contribution in [2.24, 2.45) is 13.0 Å². The highest BCUT2D eigenvalue weighted by Gasteiger charge is 2.30. The molecule has 0 spiro atoms. The van der Waals surface area contributed by atoms with Crippen LogP contribution in [0.2, 0.25) is 0 Å². The van der Waals surface area contributed by atoms with Gasteiger partial charge in [0.2, 0.25) is 5.95 Å². The lowest BCUT2D eigenvalue weighted by Crippen LogP contribution is -2.51. The van der Waals surface area contributed by atoms with Crippen LogP contribution in [0.5, 0.6) is 0 Å². The molecule has 0 atom stereocenters. The molecular weight excluding hydrogens is 306 g/mol. The lowest BCUT2D eigenvalue weighted by molar-refractivity contribution is 0.328. The Hall–Kier alpha value is -2.96. The van der Waals surface area contributed by atoms with E-state index in [0.717, 1.165) is 13.1 Å². The Labute approximate surface area is 137 Å². The minimum Gasteiger partial charge on any atom is -0.341 e. The zero-order valence-corrected chi connectivity index (χ0v) is 13.3. The normalized spacial score (nSPS) is 14.8. The molecule has 4 rings (SSSR count). The van der Waals surface area contributed by atoms with Crippen molar-refractivity contribution in [1.82, 2.24) is 19.3 Å². The molecule has 0 amide bonds. The number of aromatic nitrogens is 4. The molecule has 0 saturated carbocycles. The monoisotopic (exact) mass is 323 g/mol. The third-order valence-corrected chi connectivity index (χ3v) is 4.42. The van der Waals surface area contributed by atoms with E-state index < -0.39 is 0 Å². The quantitative estimate of drug-likeness (QED) is 0.707. The standard InChI is InChI=1S/C17H17N5O2/c1-20-16(24)13-5-2-3-6-14(13)19-17(20)21-9-12(10-21)11-22-15(23)7-4-8-18-22/h2-8,12H,9-11H2,1H3. The molecule has 0 unspecified atom stereocenters. The van der Waals surface area contributed by atoms with Crippen molar-refractivity contribution in [3.05, 3.63) is 63.3 Å². The second-order valence-electron chi connectivity index (χ2n) is 6.11. The van der Waals surface area contributed by atoms with Crippen molar-refractivity contribution in [1.29, 1.82) is 0 Å². The first-order valence-corrected chi connectivity index (χ1v) is 7.86. The molecule has 0 radical (unpaired) electrons. The van der Waals surface area contributed by atoms with Crippen LogP contribution in [0.1, 0.15) is 0 Å². The van der Waals surface area contributed by atoms with Gasteiger partial charge in [0.15, 0.2) is 0 Å². The number of benzene rings is 1.